The number of ether oxygens (including phenoxy) is 2. The molecule has 9 nitrogen and oxygen atoms in total. The molecule has 0 spiro atoms. The predicted octanol–water partition coefficient (Wildman–Crippen LogP) is 5.76. The van der Waals surface area contributed by atoms with Crippen molar-refractivity contribution in [3.8, 4) is 11.9 Å². The first-order valence-corrected chi connectivity index (χ1v) is 14.6. The maximum Gasteiger partial charge on any atom is 0.410 e. The second-order valence-electron chi connectivity index (χ2n) is 12.1. The Balaban J connectivity index is 1.72. The van der Waals surface area contributed by atoms with Gasteiger partial charge in [-0.15, -0.1) is 0 Å². The Bertz CT molecular complexity index is 1590. The van der Waals surface area contributed by atoms with E-state index in [1.54, 1.807) is 23.9 Å². The number of nitriles is 1. The molecule has 41 heavy (non-hydrogen) atoms. The zero-order valence-corrected chi connectivity index (χ0v) is 25.8. The maximum atomic E-state index is 15.8. The average Bonchev–Trinajstić information content (AvgIpc) is 3.60. The van der Waals surface area contributed by atoms with Crippen LogP contribution in [0.1, 0.15) is 57.3 Å². The van der Waals surface area contributed by atoms with Crippen LogP contribution in [0, 0.1) is 23.1 Å². The summed E-state index contributed by atoms with van der Waals surface area (Å²) in [4.78, 5) is 33.7. The standard InChI is InChI=1S/C30H35BrFN5O4/c1-30(2,3)41-29(39)36-15-17-13-21(36)26(17)37-18(9-10-22(38)35(4)5)14-20-27(37)19-12-16(8-7-11-33)23(31)24(32)25(19)34-28(20)40-6/h12,14,17,21,26H,7-10,13,15H2,1-6H3/t17-,21-,26+/m1/s1. The van der Waals surface area contributed by atoms with Gasteiger partial charge in [-0.1, -0.05) is 0 Å². The van der Waals surface area contributed by atoms with Gasteiger partial charge in [0.2, 0.25) is 11.8 Å². The van der Waals surface area contributed by atoms with Crippen molar-refractivity contribution in [2.45, 2.75) is 70.6 Å². The van der Waals surface area contributed by atoms with Gasteiger partial charge in [0.25, 0.3) is 0 Å². The molecule has 2 saturated heterocycles. The highest BCUT2D eigenvalue weighted by Crippen LogP contribution is 2.53. The van der Waals surface area contributed by atoms with Crippen LogP contribution in [0.2, 0.25) is 0 Å². The maximum absolute atomic E-state index is 15.8. The number of pyridine rings is 1. The van der Waals surface area contributed by atoms with Crippen LogP contribution in [-0.4, -0.2) is 70.7 Å². The van der Waals surface area contributed by atoms with Crippen molar-refractivity contribution in [2.75, 3.05) is 27.7 Å². The van der Waals surface area contributed by atoms with Crippen LogP contribution in [-0.2, 0) is 22.4 Å². The van der Waals surface area contributed by atoms with E-state index >= 15 is 4.39 Å². The largest absolute Gasteiger partial charge is 0.480 e. The number of carbonyl (C=O) groups excluding carboxylic acids is 2. The molecule has 3 atom stereocenters. The fraction of sp³-hybridized carbons (Fsp3) is 0.533. The van der Waals surface area contributed by atoms with Crippen molar-refractivity contribution in [3.63, 3.8) is 0 Å². The Morgan fingerprint density at radius 3 is 2.61 bits per heavy atom. The Labute approximate surface area is 247 Å². The molecule has 0 radical (unpaired) electrons. The zero-order valence-electron chi connectivity index (χ0n) is 24.3. The molecule has 1 aliphatic carbocycles. The van der Waals surface area contributed by atoms with Crippen molar-refractivity contribution >= 4 is 49.7 Å². The van der Waals surface area contributed by atoms with Crippen LogP contribution in [0.5, 0.6) is 5.88 Å². The molecule has 6 rings (SSSR count). The minimum Gasteiger partial charge on any atom is -0.480 e. The summed E-state index contributed by atoms with van der Waals surface area (Å²) >= 11 is 3.38. The molecule has 0 N–H and O–H groups in total. The van der Waals surface area contributed by atoms with Crippen LogP contribution in [0.3, 0.4) is 0 Å². The molecular formula is C30H35BrFN5O4. The van der Waals surface area contributed by atoms with E-state index in [4.69, 9.17) is 9.47 Å². The number of hydrogen-bond acceptors (Lipinski definition) is 6. The molecule has 4 heterocycles. The molecule has 2 aliphatic heterocycles. The molecule has 1 aromatic carbocycles. The van der Waals surface area contributed by atoms with Gasteiger partial charge < -0.3 is 23.8 Å². The monoisotopic (exact) mass is 627 g/mol. The number of benzene rings is 1. The first-order valence-electron chi connectivity index (χ1n) is 13.8. The number of rotatable bonds is 7. The summed E-state index contributed by atoms with van der Waals surface area (Å²) in [6.45, 7) is 6.12. The normalized spacial score (nSPS) is 19.8. The summed E-state index contributed by atoms with van der Waals surface area (Å²) in [6.07, 6.45) is 1.87. The van der Waals surface area contributed by atoms with E-state index in [9.17, 15) is 14.9 Å². The van der Waals surface area contributed by atoms with Gasteiger partial charge in [-0.2, -0.15) is 5.26 Å². The molecule has 218 valence electrons. The highest BCUT2D eigenvalue weighted by molar-refractivity contribution is 9.10. The Morgan fingerprint density at radius 1 is 1.24 bits per heavy atom. The van der Waals surface area contributed by atoms with E-state index < -0.39 is 11.4 Å². The van der Waals surface area contributed by atoms with Gasteiger partial charge in [0.05, 0.1) is 40.6 Å². The van der Waals surface area contributed by atoms with Gasteiger partial charge in [-0.05, 0) is 73.7 Å². The van der Waals surface area contributed by atoms with Crippen molar-refractivity contribution in [1.82, 2.24) is 19.4 Å². The van der Waals surface area contributed by atoms with E-state index in [0.29, 0.717) is 36.8 Å². The van der Waals surface area contributed by atoms with E-state index in [-0.39, 0.29) is 52.3 Å². The lowest BCUT2D eigenvalue weighted by Gasteiger charge is -2.39. The molecule has 11 heteroatoms. The summed E-state index contributed by atoms with van der Waals surface area (Å²) in [7, 11) is 4.96. The SMILES string of the molecule is COc1nc2c(F)c(Br)c(CCC#N)cc2c2c1cc(CCC(=O)N(C)C)n2[C@H]1[C@@H]2C[C@H]1N(C(=O)OC(C)(C)C)C2. The molecule has 3 aromatic rings. The number of carbonyl (C=O) groups is 2. The highest BCUT2D eigenvalue weighted by Gasteiger charge is 2.56. The fourth-order valence-corrected chi connectivity index (χ4v) is 6.66. The number of amides is 2. The number of hydrogen-bond donors (Lipinski definition) is 0. The summed E-state index contributed by atoms with van der Waals surface area (Å²) < 4.78 is 29.7. The van der Waals surface area contributed by atoms with E-state index in [2.05, 4.69) is 31.6 Å². The number of aromatic nitrogens is 2. The lowest BCUT2D eigenvalue weighted by Crippen LogP contribution is -2.44. The summed E-state index contributed by atoms with van der Waals surface area (Å²) in [5, 5.41) is 10.5. The fourth-order valence-electron chi connectivity index (χ4n) is 6.16. The van der Waals surface area contributed by atoms with Gasteiger partial charge in [0, 0.05) is 50.5 Å². The van der Waals surface area contributed by atoms with Gasteiger partial charge in [-0.3, -0.25) is 4.79 Å². The third kappa shape index (κ3) is 5.11. The van der Waals surface area contributed by atoms with E-state index in [1.807, 2.05) is 32.9 Å². The molecule has 2 bridgehead atoms. The third-order valence-electron chi connectivity index (χ3n) is 8.04. The van der Waals surface area contributed by atoms with Crippen molar-refractivity contribution in [3.05, 3.63) is 33.7 Å². The summed E-state index contributed by atoms with van der Waals surface area (Å²) in [6, 6.07) is 5.84. The third-order valence-corrected chi connectivity index (χ3v) is 8.90. The van der Waals surface area contributed by atoms with Gasteiger partial charge in [0.15, 0.2) is 5.82 Å². The van der Waals surface area contributed by atoms with Crippen molar-refractivity contribution < 1.29 is 23.5 Å². The lowest BCUT2D eigenvalue weighted by molar-refractivity contribution is -0.128. The number of fused-ring (bicyclic) bond motifs is 4. The number of methoxy groups -OCH3 is 1. The molecule has 2 aromatic heterocycles. The molecule has 1 saturated carbocycles. The van der Waals surface area contributed by atoms with E-state index in [0.717, 1.165) is 23.0 Å². The average molecular weight is 629 g/mol. The van der Waals surface area contributed by atoms with Gasteiger partial charge in [-0.25, -0.2) is 14.2 Å². The topological polar surface area (TPSA) is 101 Å². The minimum absolute atomic E-state index is 0.00233. The molecule has 3 aliphatic rings. The molecule has 3 fully saturated rings. The molecule has 2 amide bonds. The molecule has 0 unspecified atom stereocenters. The first kappa shape index (κ1) is 29.1. The van der Waals surface area contributed by atoms with Gasteiger partial charge >= 0.3 is 6.09 Å². The van der Waals surface area contributed by atoms with Crippen LogP contribution < -0.4 is 4.74 Å². The quantitative estimate of drug-likeness (QED) is 0.330. The highest BCUT2D eigenvalue weighted by atomic mass is 79.9. The predicted molar refractivity (Wildman–Crippen MR) is 156 cm³/mol. The lowest BCUT2D eigenvalue weighted by atomic mass is 9.79. The van der Waals surface area contributed by atoms with Crippen molar-refractivity contribution in [1.29, 1.82) is 5.26 Å². The Morgan fingerprint density at radius 2 is 1.98 bits per heavy atom. The van der Waals surface area contributed by atoms with Crippen LogP contribution in [0.4, 0.5) is 9.18 Å². The summed E-state index contributed by atoms with van der Waals surface area (Å²) in [5.74, 6) is -0.0474. The summed E-state index contributed by atoms with van der Waals surface area (Å²) in [5.41, 5.74) is 1.88. The zero-order chi connectivity index (χ0) is 29.8. The van der Waals surface area contributed by atoms with Crippen LogP contribution in [0.15, 0.2) is 16.6 Å². The minimum atomic E-state index is -0.614. The smallest absolute Gasteiger partial charge is 0.410 e. The second-order valence-corrected chi connectivity index (χ2v) is 12.9. The van der Waals surface area contributed by atoms with Crippen LogP contribution >= 0.6 is 15.9 Å². The number of nitrogens with zero attached hydrogens (tertiary/aromatic N) is 5. The molecular weight excluding hydrogens is 593 g/mol. The number of aryl methyl sites for hydroxylation is 2. The van der Waals surface area contributed by atoms with Gasteiger partial charge in [0.1, 0.15) is 11.1 Å². The second kappa shape index (κ2) is 10.8. The van der Waals surface area contributed by atoms with E-state index in [1.165, 1.54) is 7.11 Å². The first-order chi connectivity index (χ1) is 19.4. The number of halogens is 2. The Hall–Kier alpha value is -3.39. The Kier molecular flexibility index (Phi) is 7.66. The van der Waals surface area contributed by atoms with Crippen LogP contribution in [0.25, 0.3) is 21.8 Å². The van der Waals surface area contributed by atoms with Crippen molar-refractivity contribution in [2.24, 2.45) is 5.92 Å².